The first-order valence-corrected chi connectivity index (χ1v) is 21.7. The number of anilines is 3. The van der Waals surface area contributed by atoms with Gasteiger partial charge in [-0.15, -0.1) is 0 Å². The molecule has 4 nitrogen and oxygen atoms in total. The molecular formula is C58H42N4. The zero-order chi connectivity index (χ0) is 40.9. The molecule has 2 aliphatic heterocycles. The van der Waals surface area contributed by atoms with Crippen LogP contribution in [0.1, 0.15) is 39.4 Å². The molecule has 10 aromatic rings. The Kier molecular flexibility index (Phi) is 7.53. The second kappa shape index (κ2) is 13.3. The molecule has 13 rings (SSSR count). The summed E-state index contributed by atoms with van der Waals surface area (Å²) in [4.78, 5) is 0. The van der Waals surface area contributed by atoms with Crippen LogP contribution in [0.5, 0.6) is 0 Å². The maximum Gasteiger partial charge on any atom is 0.0719 e. The second-order valence-electron chi connectivity index (χ2n) is 17.1. The predicted octanol–water partition coefficient (Wildman–Crippen LogP) is 13.6. The molecule has 0 radical (unpaired) electrons. The van der Waals surface area contributed by atoms with E-state index < -0.39 is 5.41 Å². The summed E-state index contributed by atoms with van der Waals surface area (Å²) >= 11 is 0. The highest BCUT2D eigenvalue weighted by Gasteiger charge is 2.46. The number of fused-ring (bicyclic) bond motifs is 8. The number of nitrogen functional groups attached to an aromatic ring is 1. The van der Waals surface area contributed by atoms with Crippen LogP contribution in [0.4, 0.5) is 17.1 Å². The molecule has 1 aromatic heterocycles. The van der Waals surface area contributed by atoms with Crippen molar-refractivity contribution in [3.63, 3.8) is 0 Å². The van der Waals surface area contributed by atoms with E-state index in [0.717, 1.165) is 23.5 Å². The molecule has 0 spiro atoms. The van der Waals surface area contributed by atoms with Crippen LogP contribution in [-0.4, -0.2) is 10.6 Å². The van der Waals surface area contributed by atoms with Crippen molar-refractivity contribution in [2.45, 2.75) is 23.9 Å². The number of hydrogen-bond donors (Lipinski definition) is 3. The molecule has 2 atom stereocenters. The number of para-hydroxylation sites is 4. The van der Waals surface area contributed by atoms with Gasteiger partial charge in [-0.05, 0) is 86.8 Å². The Labute approximate surface area is 360 Å². The van der Waals surface area contributed by atoms with Crippen LogP contribution in [0.15, 0.2) is 206 Å². The lowest BCUT2D eigenvalue weighted by Gasteiger charge is -2.35. The summed E-state index contributed by atoms with van der Waals surface area (Å²) in [6, 6.07) is 75.7. The number of nitrogens with two attached hydrogens (primary N) is 1. The Bertz CT molecular complexity index is 3380. The minimum Gasteiger partial charge on any atom is -0.397 e. The molecule has 0 fully saturated rings. The zero-order valence-corrected chi connectivity index (χ0v) is 34.0. The largest absolute Gasteiger partial charge is 0.397 e. The maximum absolute atomic E-state index is 6.80. The van der Waals surface area contributed by atoms with E-state index in [1.165, 1.54) is 94.3 Å². The molecule has 1 aliphatic carbocycles. The van der Waals surface area contributed by atoms with Gasteiger partial charge in [0.25, 0.3) is 0 Å². The lowest BCUT2D eigenvalue weighted by Crippen LogP contribution is -2.35. The van der Waals surface area contributed by atoms with Gasteiger partial charge in [0, 0.05) is 33.2 Å². The van der Waals surface area contributed by atoms with Crippen LogP contribution >= 0.6 is 0 Å². The minimum absolute atomic E-state index is 0.0686. The fraction of sp³-hybridized carbons (Fsp3) is 0.0690. The van der Waals surface area contributed by atoms with Gasteiger partial charge in [0.15, 0.2) is 0 Å². The Morgan fingerprint density at radius 1 is 0.548 bits per heavy atom. The number of benzene rings is 9. The first-order valence-electron chi connectivity index (χ1n) is 21.7. The average Bonchev–Trinajstić information content (AvgIpc) is 3.69. The third-order valence-corrected chi connectivity index (χ3v) is 14.0. The number of rotatable bonds is 6. The lowest BCUT2D eigenvalue weighted by atomic mass is 9.67. The molecule has 0 saturated carbocycles. The van der Waals surface area contributed by atoms with Gasteiger partial charge in [-0.1, -0.05) is 176 Å². The standard InChI is InChI=1S/C58H42N4/c59-48-27-10-11-28-49(48)61-56(37-32-33-41-40-21-7-9-26-46(40)58(47(41)34-37,38-17-3-1-4-18-38)39-19-5-2-6-20-39)51-35-36-16-13-31-53-54(36)55-43(23-15-29-50(55)60-51)45-25-14-24-44-42-22-8-12-30-52(42)62(53)57(44)45/h1-34,51,56,60-61H,35,59H2. The molecule has 3 heterocycles. The summed E-state index contributed by atoms with van der Waals surface area (Å²) in [7, 11) is 0. The van der Waals surface area contributed by atoms with Crippen LogP contribution in [0.3, 0.4) is 0 Å². The van der Waals surface area contributed by atoms with Gasteiger partial charge in [0.1, 0.15) is 0 Å². The van der Waals surface area contributed by atoms with E-state index in [1.54, 1.807) is 0 Å². The Morgan fingerprint density at radius 2 is 1.21 bits per heavy atom. The van der Waals surface area contributed by atoms with Gasteiger partial charge in [0.2, 0.25) is 0 Å². The zero-order valence-electron chi connectivity index (χ0n) is 34.0. The molecule has 0 saturated heterocycles. The van der Waals surface area contributed by atoms with Crippen molar-refractivity contribution >= 4 is 38.9 Å². The molecular weight excluding hydrogens is 753 g/mol. The molecule has 0 amide bonds. The van der Waals surface area contributed by atoms with E-state index in [2.05, 4.69) is 209 Å². The topological polar surface area (TPSA) is 55.0 Å². The third kappa shape index (κ3) is 4.83. The Hall–Kier alpha value is -7.82. The predicted molar refractivity (Wildman–Crippen MR) is 257 cm³/mol. The molecule has 4 N–H and O–H groups in total. The summed E-state index contributed by atoms with van der Waals surface area (Å²) in [5.74, 6) is 0. The van der Waals surface area contributed by atoms with Crippen molar-refractivity contribution in [3.8, 4) is 39.1 Å². The van der Waals surface area contributed by atoms with Gasteiger partial charge >= 0.3 is 0 Å². The first-order chi connectivity index (χ1) is 30.7. The summed E-state index contributed by atoms with van der Waals surface area (Å²) in [6.07, 6.45) is 0.778. The van der Waals surface area contributed by atoms with Crippen LogP contribution in [0.25, 0.3) is 60.9 Å². The van der Waals surface area contributed by atoms with E-state index >= 15 is 0 Å². The van der Waals surface area contributed by atoms with Crippen molar-refractivity contribution in [2.75, 3.05) is 16.4 Å². The van der Waals surface area contributed by atoms with Crippen LogP contribution in [0.2, 0.25) is 0 Å². The molecule has 294 valence electrons. The summed E-state index contributed by atoms with van der Waals surface area (Å²) in [5, 5.41) is 10.8. The first kappa shape index (κ1) is 35.0. The quantitative estimate of drug-likeness (QED) is 0.147. The Morgan fingerprint density at radius 3 is 2.05 bits per heavy atom. The third-order valence-electron chi connectivity index (χ3n) is 14.0. The second-order valence-corrected chi connectivity index (χ2v) is 17.1. The number of aromatic nitrogens is 1. The fourth-order valence-corrected chi connectivity index (χ4v) is 11.4. The van der Waals surface area contributed by atoms with Crippen molar-refractivity contribution in [1.29, 1.82) is 0 Å². The smallest absolute Gasteiger partial charge is 0.0719 e. The van der Waals surface area contributed by atoms with E-state index in [9.17, 15) is 0 Å². The van der Waals surface area contributed by atoms with Gasteiger partial charge in [-0.3, -0.25) is 0 Å². The van der Waals surface area contributed by atoms with E-state index in [4.69, 9.17) is 5.73 Å². The summed E-state index contributed by atoms with van der Waals surface area (Å²) < 4.78 is 2.52. The van der Waals surface area contributed by atoms with Gasteiger partial charge in [-0.2, -0.15) is 0 Å². The highest BCUT2D eigenvalue weighted by Crippen LogP contribution is 2.57. The van der Waals surface area contributed by atoms with E-state index in [1.807, 2.05) is 12.1 Å². The molecule has 62 heavy (non-hydrogen) atoms. The molecule has 3 aliphatic rings. The highest BCUT2D eigenvalue weighted by atomic mass is 15.1. The highest BCUT2D eigenvalue weighted by molar-refractivity contribution is 6.17. The van der Waals surface area contributed by atoms with Crippen molar-refractivity contribution in [1.82, 2.24) is 4.57 Å². The van der Waals surface area contributed by atoms with E-state index in [0.29, 0.717) is 0 Å². The Balaban J connectivity index is 1.05. The average molecular weight is 795 g/mol. The van der Waals surface area contributed by atoms with Gasteiger partial charge in [-0.25, -0.2) is 0 Å². The monoisotopic (exact) mass is 794 g/mol. The molecule has 2 unspecified atom stereocenters. The van der Waals surface area contributed by atoms with Crippen molar-refractivity contribution < 1.29 is 0 Å². The maximum atomic E-state index is 6.80. The molecule has 4 heteroatoms. The van der Waals surface area contributed by atoms with Crippen LogP contribution in [0, 0.1) is 0 Å². The normalized spacial score (nSPS) is 15.5. The SMILES string of the molecule is Nc1ccccc1NC(c1ccc2c(c1)C(c1ccccc1)(c1ccccc1)c1ccccc1-2)C1Cc2cccc3c2-c2c(cccc2-c2cccc4c5ccccc5n-3c24)N1. The van der Waals surface area contributed by atoms with Crippen LogP contribution < -0.4 is 16.4 Å². The van der Waals surface area contributed by atoms with Crippen molar-refractivity contribution in [2.24, 2.45) is 0 Å². The van der Waals surface area contributed by atoms with Gasteiger partial charge < -0.3 is 20.9 Å². The number of hydrogen-bond acceptors (Lipinski definition) is 3. The van der Waals surface area contributed by atoms with E-state index in [-0.39, 0.29) is 12.1 Å². The fourth-order valence-electron chi connectivity index (χ4n) is 11.4. The molecule has 0 bridgehead atoms. The molecule has 9 aromatic carbocycles. The lowest BCUT2D eigenvalue weighted by molar-refractivity contribution is 0.613. The number of nitrogens with one attached hydrogen (secondary N) is 2. The minimum atomic E-state index is -0.518. The number of nitrogens with zero attached hydrogens (tertiary/aromatic N) is 1. The van der Waals surface area contributed by atoms with Crippen LogP contribution in [-0.2, 0) is 11.8 Å². The van der Waals surface area contributed by atoms with Crippen molar-refractivity contribution in [3.05, 3.63) is 240 Å². The summed E-state index contributed by atoms with van der Waals surface area (Å²) in [5.41, 5.74) is 28.0. The van der Waals surface area contributed by atoms with Gasteiger partial charge in [0.05, 0.1) is 45.6 Å². The summed E-state index contributed by atoms with van der Waals surface area (Å²) in [6.45, 7) is 0.